The molecule has 1 nitrogen and oxygen atoms in total. The summed E-state index contributed by atoms with van der Waals surface area (Å²) >= 11 is 0. The van der Waals surface area contributed by atoms with Gasteiger partial charge in [-0.2, -0.15) is 0 Å². The molecule has 0 aromatic heterocycles. The second-order valence-electron chi connectivity index (χ2n) is 6.02. The van der Waals surface area contributed by atoms with Gasteiger partial charge in [0.15, 0.2) is 0 Å². The summed E-state index contributed by atoms with van der Waals surface area (Å²) in [6, 6.07) is 5.31. The van der Waals surface area contributed by atoms with E-state index in [0.29, 0.717) is 6.04 Å². The van der Waals surface area contributed by atoms with Crippen LogP contribution in [0.3, 0.4) is 0 Å². The van der Waals surface area contributed by atoms with Crippen LogP contribution in [0.4, 0.5) is 0 Å². The van der Waals surface area contributed by atoms with E-state index in [4.69, 9.17) is 0 Å². The summed E-state index contributed by atoms with van der Waals surface area (Å²) in [6.07, 6.45) is 5.46. The number of aryl methyl sites for hydroxylation is 3. The molecule has 1 atom stereocenters. The normalized spacial score (nSPS) is 16.9. The summed E-state index contributed by atoms with van der Waals surface area (Å²) in [5.41, 5.74) is 5.88. The van der Waals surface area contributed by atoms with Crippen molar-refractivity contribution in [1.29, 1.82) is 0 Å². The lowest BCUT2D eigenvalue weighted by Gasteiger charge is -2.20. The third-order valence-electron chi connectivity index (χ3n) is 4.10. The topological polar surface area (TPSA) is 12.0 Å². The third-order valence-corrected chi connectivity index (χ3v) is 4.10. The van der Waals surface area contributed by atoms with Crippen LogP contribution in [0.2, 0.25) is 0 Å². The van der Waals surface area contributed by atoms with Gasteiger partial charge >= 0.3 is 0 Å². The first-order chi connectivity index (χ1) is 8.60. The molecule has 0 aliphatic heterocycles. The van der Waals surface area contributed by atoms with Gasteiger partial charge in [-0.25, -0.2) is 0 Å². The van der Waals surface area contributed by atoms with Gasteiger partial charge in [0.1, 0.15) is 0 Å². The van der Waals surface area contributed by atoms with E-state index in [-0.39, 0.29) is 0 Å². The zero-order valence-electron chi connectivity index (χ0n) is 12.3. The van der Waals surface area contributed by atoms with Gasteiger partial charge in [-0.1, -0.05) is 37.5 Å². The Kier molecular flexibility index (Phi) is 4.45. The SMILES string of the molecule is CCNC(Cc1c(C)cc(C)cc1C)CC1CC1. The van der Waals surface area contributed by atoms with Crippen LogP contribution in [0.25, 0.3) is 0 Å². The average molecular weight is 245 g/mol. The van der Waals surface area contributed by atoms with Crippen LogP contribution in [0.1, 0.15) is 48.4 Å². The highest BCUT2D eigenvalue weighted by atomic mass is 14.9. The highest BCUT2D eigenvalue weighted by Crippen LogP contribution is 2.34. The minimum atomic E-state index is 0.669. The maximum absolute atomic E-state index is 3.67. The summed E-state index contributed by atoms with van der Waals surface area (Å²) in [5, 5.41) is 3.67. The van der Waals surface area contributed by atoms with Crippen molar-refractivity contribution in [3.63, 3.8) is 0 Å². The van der Waals surface area contributed by atoms with E-state index < -0.39 is 0 Å². The maximum Gasteiger partial charge on any atom is 0.0110 e. The van der Waals surface area contributed by atoms with E-state index in [1.54, 1.807) is 5.56 Å². The molecule has 0 amide bonds. The van der Waals surface area contributed by atoms with Crippen LogP contribution in [-0.4, -0.2) is 12.6 Å². The Labute approximate surface area is 112 Å². The zero-order chi connectivity index (χ0) is 13.1. The quantitative estimate of drug-likeness (QED) is 0.800. The molecule has 0 saturated heterocycles. The number of likely N-dealkylation sites (N-methyl/N-ethyl adjacent to an activating group) is 1. The Morgan fingerprint density at radius 2 is 1.78 bits per heavy atom. The van der Waals surface area contributed by atoms with Crippen molar-refractivity contribution in [1.82, 2.24) is 5.32 Å². The van der Waals surface area contributed by atoms with E-state index in [9.17, 15) is 0 Å². The molecule has 1 aliphatic rings. The Bertz CT molecular complexity index is 381. The van der Waals surface area contributed by atoms with Gasteiger partial charge in [0.05, 0.1) is 0 Å². The Morgan fingerprint density at radius 1 is 1.17 bits per heavy atom. The predicted molar refractivity (Wildman–Crippen MR) is 79.2 cm³/mol. The van der Waals surface area contributed by atoms with Crippen LogP contribution in [0, 0.1) is 26.7 Å². The van der Waals surface area contributed by atoms with Crippen molar-refractivity contribution in [3.8, 4) is 0 Å². The molecule has 1 heteroatoms. The van der Waals surface area contributed by atoms with Crippen LogP contribution in [-0.2, 0) is 6.42 Å². The van der Waals surface area contributed by atoms with Crippen molar-refractivity contribution < 1.29 is 0 Å². The first-order valence-electron chi connectivity index (χ1n) is 7.40. The smallest absolute Gasteiger partial charge is 0.0110 e. The lowest BCUT2D eigenvalue weighted by molar-refractivity contribution is 0.464. The fourth-order valence-electron chi connectivity index (χ4n) is 3.06. The molecule has 1 aromatic rings. The first kappa shape index (κ1) is 13.6. The summed E-state index contributed by atoms with van der Waals surface area (Å²) in [5.74, 6) is 1.00. The third kappa shape index (κ3) is 3.58. The lowest BCUT2D eigenvalue weighted by atomic mass is 9.92. The second kappa shape index (κ2) is 5.88. The van der Waals surface area contributed by atoms with Gasteiger partial charge in [-0.15, -0.1) is 0 Å². The van der Waals surface area contributed by atoms with E-state index in [1.807, 2.05) is 0 Å². The summed E-state index contributed by atoms with van der Waals surface area (Å²) < 4.78 is 0. The molecule has 1 saturated carbocycles. The number of hydrogen-bond acceptors (Lipinski definition) is 1. The lowest BCUT2D eigenvalue weighted by Crippen LogP contribution is -2.32. The Morgan fingerprint density at radius 3 is 2.28 bits per heavy atom. The van der Waals surface area contributed by atoms with Gasteiger partial charge in [0.2, 0.25) is 0 Å². The molecule has 1 aromatic carbocycles. The molecular weight excluding hydrogens is 218 g/mol. The Hall–Kier alpha value is -0.820. The minimum Gasteiger partial charge on any atom is -0.314 e. The van der Waals surface area contributed by atoms with Crippen LogP contribution in [0.5, 0.6) is 0 Å². The van der Waals surface area contributed by atoms with Gasteiger partial charge in [0, 0.05) is 6.04 Å². The summed E-state index contributed by atoms with van der Waals surface area (Å²) in [6.45, 7) is 10.0. The zero-order valence-corrected chi connectivity index (χ0v) is 12.3. The highest BCUT2D eigenvalue weighted by Gasteiger charge is 2.25. The number of benzene rings is 1. The van der Waals surface area contributed by atoms with Crippen molar-refractivity contribution in [2.24, 2.45) is 5.92 Å². The number of nitrogens with one attached hydrogen (secondary N) is 1. The summed E-state index contributed by atoms with van der Waals surface area (Å²) in [4.78, 5) is 0. The van der Waals surface area contributed by atoms with Crippen LogP contribution < -0.4 is 5.32 Å². The van der Waals surface area contributed by atoms with Gasteiger partial charge in [-0.05, 0) is 62.8 Å². The fraction of sp³-hybridized carbons (Fsp3) is 0.647. The Balaban J connectivity index is 2.09. The standard InChI is InChI=1S/C17H27N/c1-5-18-16(10-15-6-7-15)11-17-13(3)8-12(2)9-14(17)4/h8-9,15-16,18H,5-7,10-11H2,1-4H3. The molecule has 1 N–H and O–H groups in total. The molecule has 0 heterocycles. The van der Waals surface area contributed by atoms with Gasteiger partial charge in [0.25, 0.3) is 0 Å². The van der Waals surface area contributed by atoms with Crippen LogP contribution >= 0.6 is 0 Å². The molecule has 18 heavy (non-hydrogen) atoms. The van der Waals surface area contributed by atoms with Crippen molar-refractivity contribution in [3.05, 3.63) is 34.4 Å². The monoisotopic (exact) mass is 245 g/mol. The molecule has 1 unspecified atom stereocenters. The van der Waals surface area contributed by atoms with E-state index >= 15 is 0 Å². The molecule has 1 fully saturated rings. The van der Waals surface area contributed by atoms with Gasteiger partial charge in [-0.3, -0.25) is 0 Å². The van der Waals surface area contributed by atoms with Crippen molar-refractivity contribution in [2.45, 2.75) is 59.4 Å². The fourth-order valence-corrected chi connectivity index (χ4v) is 3.06. The average Bonchev–Trinajstić information content (AvgIpc) is 3.07. The van der Waals surface area contributed by atoms with Crippen molar-refractivity contribution in [2.75, 3.05) is 6.54 Å². The molecular formula is C17H27N. The van der Waals surface area contributed by atoms with E-state index in [0.717, 1.165) is 12.5 Å². The van der Waals surface area contributed by atoms with E-state index in [1.165, 1.54) is 42.4 Å². The molecule has 100 valence electrons. The highest BCUT2D eigenvalue weighted by molar-refractivity contribution is 5.38. The molecule has 0 bridgehead atoms. The molecule has 0 radical (unpaired) electrons. The molecule has 1 aliphatic carbocycles. The molecule has 2 rings (SSSR count). The maximum atomic E-state index is 3.67. The summed E-state index contributed by atoms with van der Waals surface area (Å²) in [7, 11) is 0. The van der Waals surface area contributed by atoms with Gasteiger partial charge < -0.3 is 5.32 Å². The van der Waals surface area contributed by atoms with Crippen molar-refractivity contribution >= 4 is 0 Å². The first-order valence-corrected chi connectivity index (χ1v) is 7.40. The number of hydrogen-bond donors (Lipinski definition) is 1. The van der Waals surface area contributed by atoms with E-state index in [2.05, 4.69) is 45.1 Å². The second-order valence-corrected chi connectivity index (χ2v) is 6.02. The minimum absolute atomic E-state index is 0.669. The largest absolute Gasteiger partial charge is 0.314 e. The van der Waals surface area contributed by atoms with Crippen LogP contribution in [0.15, 0.2) is 12.1 Å². The predicted octanol–water partition coefficient (Wildman–Crippen LogP) is 3.93. The number of rotatable bonds is 6. The molecule has 0 spiro atoms.